The summed E-state index contributed by atoms with van der Waals surface area (Å²) in [6.45, 7) is 1.83. The molecule has 182 valence electrons. The molecule has 0 bridgehead atoms. The van der Waals surface area contributed by atoms with Crippen LogP contribution in [0.15, 0.2) is 41.6 Å². The molecule has 0 radical (unpaired) electrons. The zero-order valence-electron chi connectivity index (χ0n) is 19.1. The minimum absolute atomic E-state index is 0.0117. The molecule has 1 aliphatic rings. The quantitative estimate of drug-likeness (QED) is 0.568. The van der Waals surface area contributed by atoms with Crippen molar-refractivity contribution in [3.63, 3.8) is 0 Å². The first-order chi connectivity index (χ1) is 16.1. The normalized spacial score (nSPS) is 17.3. The molecule has 1 aliphatic heterocycles. The third-order valence-electron chi connectivity index (χ3n) is 6.04. The van der Waals surface area contributed by atoms with Crippen LogP contribution in [-0.2, 0) is 14.8 Å². The summed E-state index contributed by atoms with van der Waals surface area (Å²) in [5, 5.41) is 6.54. The molecule has 2 aromatic heterocycles. The maximum Gasteiger partial charge on any atom is 0.333 e. The Morgan fingerprint density at radius 3 is 2.47 bits per heavy atom. The molecule has 0 aliphatic carbocycles. The van der Waals surface area contributed by atoms with Crippen molar-refractivity contribution in [1.82, 2.24) is 23.6 Å². The minimum atomic E-state index is -4.08. The van der Waals surface area contributed by atoms with Gasteiger partial charge in [0.25, 0.3) is 0 Å². The van der Waals surface area contributed by atoms with E-state index in [1.165, 1.54) is 18.2 Å². The van der Waals surface area contributed by atoms with Gasteiger partial charge < -0.3 is 9.88 Å². The van der Waals surface area contributed by atoms with Gasteiger partial charge in [0.05, 0.1) is 17.3 Å². The van der Waals surface area contributed by atoms with Crippen molar-refractivity contribution in [2.24, 2.45) is 5.92 Å². The first-order valence-corrected chi connectivity index (χ1v) is 12.3. The first kappa shape index (κ1) is 24.0. The standard InChI is InChI=1S/C22H26F2N6O3S/c1-14-20(15(2)30(27-14)22(23)24)34(32,33)28-11-4-5-17(13-28)21(31)26-18-6-8-19(9-7-18)29-12-10-25-16(29)3/h6-10,12,17,22H,4-5,11,13H2,1-3H3,(H,26,31)/t17-/m1/s1. The Kier molecular flexibility index (Phi) is 6.54. The number of halogens is 2. The summed E-state index contributed by atoms with van der Waals surface area (Å²) in [5.74, 6) is -0.0158. The lowest BCUT2D eigenvalue weighted by molar-refractivity contribution is -0.120. The molecule has 1 fully saturated rings. The molecule has 1 saturated heterocycles. The van der Waals surface area contributed by atoms with Gasteiger partial charge in [-0.05, 0) is 57.9 Å². The Hall–Kier alpha value is -3.12. The molecular formula is C22H26F2N6O3S. The third kappa shape index (κ3) is 4.47. The lowest BCUT2D eigenvalue weighted by Gasteiger charge is -2.31. The number of alkyl halides is 2. The van der Waals surface area contributed by atoms with Gasteiger partial charge in [0.1, 0.15) is 10.7 Å². The predicted molar refractivity (Wildman–Crippen MR) is 121 cm³/mol. The average Bonchev–Trinajstić information content (AvgIpc) is 3.36. The molecule has 0 unspecified atom stereocenters. The summed E-state index contributed by atoms with van der Waals surface area (Å²) >= 11 is 0. The van der Waals surface area contributed by atoms with E-state index in [-0.39, 0.29) is 35.3 Å². The number of amides is 1. The largest absolute Gasteiger partial charge is 0.333 e. The number of imidazole rings is 1. The van der Waals surface area contributed by atoms with Gasteiger partial charge in [-0.25, -0.2) is 18.1 Å². The van der Waals surface area contributed by atoms with E-state index in [1.807, 2.05) is 29.8 Å². The van der Waals surface area contributed by atoms with Crippen LogP contribution in [0.25, 0.3) is 5.69 Å². The number of hydrogen-bond donors (Lipinski definition) is 1. The zero-order chi connectivity index (χ0) is 24.6. The molecular weight excluding hydrogens is 466 g/mol. The summed E-state index contributed by atoms with van der Waals surface area (Å²) in [6, 6.07) is 7.26. The van der Waals surface area contributed by atoms with Crippen molar-refractivity contribution in [2.45, 2.75) is 45.1 Å². The average molecular weight is 493 g/mol. The van der Waals surface area contributed by atoms with Gasteiger partial charge in [-0.2, -0.15) is 18.2 Å². The number of nitrogens with one attached hydrogen (secondary N) is 1. The second kappa shape index (κ2) is 9.26. The molecule has 12 heteroatoms. The molecule has 0 spiro atoms. The molecule has 3 aromatic rings. The molecule has 3 heterocycles. The summed E-state index contributed by atoms with van der Waals surface area (Å²) in [4.78, 5) is 16.9. The van der Waals surface area contributed by atoms with Crippen molar-refractivity contribution in [1.29, 1.82) is 0 Å². The Morgan fingerprint density at radius 2 is 1.88 bits per heavy atom. The van der Waals surface area contributed by atoms with E-state index < -0.39 is 22.5 Å². The van der Waals surface area contributed by atoms with Crippen molar-refractivity contribution in [2.75, 3.05) is 18.4 Å². The van der Waals surface area contributed by atoms with Crippen LogP contribution in [0.2, 0.25) is 0 Å². The first-order valence-electron chi connectivity index (χ1n) is 10.8. The summed E-state index contributed by atoms with van der Waals surface area (Å²) in [5.41, 5.74) is 1.39. The fourth-order valence-electron chi connectivity index (χ4n) is 4.32. The lowest BCUT2D eigenvalue weighted by atomic mass is 9.98. The van der Waals surface area contributed by atoms with E-state index in [1.54, 1.807) is 18.3 Å². The smallest absolute Gasteiger partial charge is 0.326 e. The van der Waals surface area contributed by atoms with Gasteiger partial charge >= 0.3 is 6.55 Å². The third-order valence-corrected chi connectivity index (χ3v) is 8.15. The van der Waals surface area contributed by atoms with Gasteiger partial charge in [-0.15, -0.1) is 0 Å². The molecule has 9 nitrogen and oxygen atoms in total. The number of carbonyl (C=O) groups is 1. The number of aryl methyl sites for hydroxylation is 2. The highest BCUT2D eigenvalue weighted by Crippen LogP contribution is 2.30. The fraction of sp³-hybridized carbons (Fsp3) is 0.409. The highest BCUT2D eigenvalue weighted by Gasteiger charge is 2.37. The molecule has 34 heavy (non-hydrogen) atoms. The Bertz CT molecular complexity index is 1300. The number of rotatable bonds is 6. The topological polar surface area (TPSA) is 102 Å². The number of carbonyl (C=O) groups excluding carboxylic acids is 1. The number of aromatic nitrogens is 4. The number of sulfonamides is 1. The van der Waals surface area contributed by atoms with Gasteiger partial charge in [0.2, 0.25) is 15.9 Å². The number of anilines is 1. The maximum atomic E-state index is 13.3. The van der Waals surface area contributed by atoms with Gasteiger partial charge in [0, 0.05) is 36.9 Å². The van der Waals surface area contributed by atoms with Crippen molar-refractivity contribution < 1.29 is 22.0 Å². The van der Waals surface area contributed by atoms with Crippen LogP contribution in [0, 0.1) is 26.7 Å². The van der Waals surface area contributed by atoms with Crippen LogP contribution < -0.4 is 5.32 Å². The monoisotopic (exact) mass is 492 g/mol. The Morgan fingerprint density at radius 1 is 1.18 bits per heavy atom. The van der Waals surface area contributed by atoms with E-state index >= 15 is 0 Å². The van der Waals surface area contributed by atoms with Crippen molar-refractivity contribution >= 4 is 21.6 Å². The van der Waals surface area contributed by atoms with Crippen LogP contribution in [0.5, 0.6) is 0 Å². The fourth-order valence-corrected chi connectivity index (χ4v) is 6.20. The Labute approximate surface area is 196 Å². The van der Waals surface area contributed by atoms with E-state index in [9.17, 15) is 22.0 Å². The molecule has 0 saturated carbocycles. The summed E-state index contributed by atoms with van der Waals surface area (Å²) in [6.07, 6.45) is 4.56. The van der Waals surface area contributed by atoms with Gasteiger partial charge in [-0.3, -0.25) is 4.79 Å². The van der Waals surface area contributed by atoms with Crippen LogP contribution in [0.1, 0.15) is 36.6 Å². The summed E-state index contributed by atoms with van der Waals surface area (Å²) in [7, 11) is -4.08. The molecule has 4 rings (SSSR count). The second-order valence-corrected chi connectivity index (χ2v) is 10.2. The molecule has 1 N–H and O–H groups in total. The van der Waals surface area contributed by atoms with E-state index in [4.69, 9.17) is 0 Å². The lowest BCUT2D eigenvalue weighted by Crippen LogP contribution is -2.44. The number of nitrogens with zero attached hydrogens (tertiary/aromatic N) is 5. The van der Waals surface area contributed by atoms with Crippen molar-refractivity contribution in [3.05, 3.63) is 53.9 Å². The number of hydrogen-bond acceptors (Lipinski definition) is 5. The summed E-state index contributed by atoms with van der Waals surface area (Å²) < 4.78 is 56.4. The van der Waals surface area contributed by atoms with E-state index in [2.05, 4.69) is 15.4 Å². The second-order valence-electron chi connectivity index (χ2n) is 8.30. The van der Waals surface area contributed by atoms with E-state index in [0.29, 0.717) is 23.2 Å². The van der Waals surface area contributed by atoms with Crippen LogP contribution in [0.4, 0.5) is 14.5 Å². The maximum absolute atomic E-state index is 13.3. The predicted octanol–water partition coefficient (Wildman–Crippen LogP) is 3.43. The van der Waals surface area contributed by atoms with Gasteiger partial charge in [-0.1, -0.05) is 0 Å². The zero-order valence-corrected chi connectivity index (χ0v) is 19.9. The van der Waals surface area contributed by atoms with Gasteiger partial charge in [0.15, 0.2) is 0 Å². The molecule has 1 amide bonds. The minimum Gasteiger partial charge on any atom is -0.326 e. The molecule has 1 aromatic carbocycles. The van der Waals surface area contributed by atoms with E-state index in [0.717, 1.165) is 11.5 Å². The highest BCUT2D eigenvalue weighted by molar-refractivity contribution is 7.89. The van der Waals surface area contributed by atoms with Crippen LogP contribution >= 0.6 is 0 Å². The highest BCUT2D eigenvalue weighted by atomic mass is 32.2. The SMILES string of the molecule is Cc1nn(C(F)F)c(C)c1S(=O)(=O)N1CCC[C@@H](C(=O)Nc2ccc(-n3ccnc3C)cc2)C1. The number of benzene rings is 1. The van der Waals surface area contributed by atoms with Crippen LogP contribution in [-0.4, -0.2) is 51.1 Å². The van der Waals surface area contributed by atoms with Crippen molar-refractivity contribution in [3.8, 4) is 5.69 Å². The Balaban J connectivity index is 1.47. The number of piperidine rings is 1. The molecule has 1 atom stereocenters. The van der Waals surface area contributed by atoms with Crippen LogP contribution in [0.3, 0.4) is 0 Å².